The second kappa shape index (κ2) is 8.27. The zero-order valence-electron chi connectivity index (χ0n) is 14.6. The zero-order chi connectivity index (χ0) is 17.6. The Morgan fingerprint density at radius 3 is 2.84 bits per heavy atom. The Kier molecular flexibility index (Phi) is 5.83. The van der Waals surface area contributed by atoms with Crippen molar-refractivity contribution in [3.8, 4) is 5.69 Å². The topological polar surface area (TPSA) is 67.6 Å². The third-order valence-electron chi connectivity index (χ3n) is 4.57. The Morgan fingerprint density at radius 2 is 2.12 bits per heavy atom. The molecular weight excluding hydrogens is 318 g/mol. The van der Waals surface area contributed by atoms with Crippen molar-refractivity contribution in [1.82, 2.24) is 14.7 Å². The van der Waals surface area contributed by atoms with Crippen molar-refractivity contribution in [3.05, 3.63) is 47.8 Å². The highest BCUT2D eigenvalue weighted by Gasteiger charge is 2.29. The van der Waals surface area contributed by atoms with Crippen LogP contribution in [0.25, 0.3) is 5.69 Å². The summed E-state index contributed by atoms with van der Waals surface area (Å²) in [5, 5.41) is 13.7. The summed E-state index contributed by atoms with van der Waals surface area (Å²) in [5.41, 5.74) is 3.36. The molecule has 1 saturated heterocycles. The number of nitrogens with zero attached hydrogens (tertiary/aromatic N) is 3. The summed E-state index contributed by atoms with van der Waals surface area (Å²) in [5.74, 6) is -0.838. The van der Waals surface area contributed by atoms with Crippen molar-refractivity contribution in [1.29, 1.82) is 0 Å². The van der Waals surface area contributed by atoms with Crippen LogP contribution in [0.15, 0.2) is 36.7 Å². The molecule has 2 aromatic rings. The number of carbonyl (C=O) groups is 1. The number of carboxylic acids is 1. The van der Waals surface area contributed by atoms with E-state index in [1.807, 2.05) is 15.8 Å². The van der Waals surface area contributed by atoms with Crippen LogP contribution >= 0.6 is 0 Å². The van der Waals surface area contributed by atoms with E-state index in [1.165, 1.54) is 18.4 Å². The van der Waals surface area contributed by atoms with Gasteiger partial charge in [0, 0.05) is 24.8 Å². The monoisotopic (exact) mass is 343 g/mol. The van der Waals surface area contributed by atoms with Crippen LogP contribution in [0.1, 0.15) is 30.9 Å². The molecule has 1 aliphatic heterocycles. The number of ether oxygens (including phenoxy) is 1. The molecule has 1 atom stereocenters. The van der Waals surface area contributed by atoms with Crippen molar-refractivity contribution in [2.45, 2.75) is 38.8 Å². The van der Waals surface area contributed by atoms with Gasteiger partial charge < -0.3 is 9.84 Å². The fourth-order valence-electron chi connectivity index (χ4n) is 3.07. The third-order valence-corrected chi connectivity index (χ3v) is 4.57. The largest absolute Gasteiger partial charge is 0.480 e. The molecule has 1 fully saturated rings. The molecule has 0 unspecified atom stereocenters. The van der Waals surface area contributed by atoms with Gasteiger partial charge in [-0.1, -0.05) is 25.5 Å². The number of aryl methyl sites for hydroxylation is 1. The normalized spacial score (nSPS) is 18.4. The van der Waals surface area contributed by atoms with Gasteiger partial charge in [-0.15, -0.1) is 0 Å². The first-order valence-electron chi connectivity index (χ1n) is 8.85. The number of aliphatic carboxylic acids is 1. The van der Waals surface area contributed by atoms with E-state index in [1.54, 1.807) is 6.20 Å². The van der Waals surface area contributed by atoms with Gasteiger partial charge in [0.25, 0.3) is 0 Å². The number of morpholine rings is 1. The number of carboxylic acid groups (broad SMARTS) is 1. The molecule has 2 heterocycles. The Balaban J connectivity index is 1.66. The maximum absolute atomic E-state index is 11.3. The SMILES string of the molecule is CCCCc1ccc(-n2cc(CN3CCOC[C@@H]3C(=O)O)cn2)cc1. The van der Waals surface area contributed by atoms with Crippen LogP contribution in [0, 0.1) is 0 Å². The van der Waals surface area contributed by atoms with Crippen molar-refractivity contribution in [2.75, 3.05) is 19.8 Å². The quantitative estimate of drug-likeness (QED) is 0.837. The smallest absolute Gasteiger partial charge is 0.323 e. The van der Waals surface area contributed by atoms with E-state index < -0.39 is 12.0 Å². The maximum Gasteiger partial charge on any atom is 0.323 e. The van der Waals surface area contributed by atoms with Crippen LogP contribution in [0.5, 0.6) is 0 Å². The van der Waals surface area contributed by atoms with E-state index in [9.17, 15) is 9.90 Å². The number of hydrogen-bond donors (Lipinski definition) is 1. The predicted octanol–water partition coefficient (Wildman–Crippen LogP) is 2.50. The first-order chi connectivity index (χ1) is 12.2. The van der Waals surface area contributed by atoms with Crippen molar-refractivity contribution in [3.63, 3.8) is 0 Å². The Labute approximate surface area is 148 Å². The fraction of sp³-hybridized carbons (Fsp3) is 0.474. The zero-order valence-corrected chi connectivity index (χ0v) is 14.6. The summed E-state index contributed by atoms with van der Waals surface area (Å²) < 4.78 is 7.12. The van der Waals surface area contributed by atoms with Gasteiger partial charge in [0.05, 0.1) is 25.1 Å². The predicted molar refractivity (Wildman–Crippen MR) is 94.8 cm³/mol. The molecule has 6 heteroatoms. The summed E-state index contributed by atoms with van der Waals surface area (Å²) in [6, 6.07) is 7.87. The second-order valence-electron chi connectivity index (χ2n) is 6.46. The highest BCUT2D eigenvalue weighted by atomic mass is 16.5. The highest BCUT2D eigenvalue weighted by Crippen LogP contribution is 2.15. The minimum absolute atomic E-state index is 0.239. The minimum atomic E-state index is -0.838. The number of unbranched alkanes of at least 4 members (excludes halogenated alkanes) is 1. The van der Waals surface area contributed by atoms with Crippen molar-refractivity contribution in [2.24, 2.45) is 0 Å². The summed E-state index contributed by atoms with van der Waals surface area (Å²) in [4.78, 5) is 13.3. The van der Waals surface area contributed by atoms with Crippen LogP contribution < -0.4 is 0 Å². The van der Waals surface area contributed by atoms with E-state index in [0.717, 1.165) is 17.7 Å². The molecule has 3 rings (SSSR count). The average Bonchev–Trinajstić information content (AvgIpc) is 3.09. The molecule has 6 nitrogen and oxygen atoms in total. The third kappa shape index (κ3) is 4.46. The van der Waals surface area contributed by atoms with E-state index in [2.05, 4.69) is 36.3 Å². The van der Waals surface area contributed by atoms with Crippen LogP contribution in [-0.4, -0.2) is 51.6 Å². The second-order valence-corrected chi connectivity index (χ2v) is 6.46. The molecule has 0 radical (unpaired) electrons. The number of rotatable bonds is 7. The van der Waals surface area contributed by atoms with E-state index in [-0.39, 0.29) is 6.61 Å². The molecule has 0 spiro atoms. The maximum atomic E-state index is 11.3. The fourth-order valence-corrected chi connectivity index (χ4v) is 3.07. The molecule has 1 aromatic carbocycles. The van der Waals surface area contributed by atoms with E-state index in [4.69, 9.17) is 4.74 Å². The molecule has 134 valence electrons. The summed E-state index contributed by atoms with van der Waals surface area (Å²) in [7, 11) is 0. The van der Waals surface area contributed by atoms with Crippen molar-refractivity contribution < 1.29 is 14.6 Å². The molecule has 0 amide bonds. The van der Waals surface area contributed by atoms with Crippen molar-refractivity contribution >= 4 is 5.97 Å². The number of aromatic nitrogens is 2. The van der Waals surface area contributed by atoms with Crippen LogP contribution in [-0.2, 0) is 22.5 Å². The summed E-state index contributed by atoms with van der Waals surface area (Å²) in [6.07, 6.45) is 7.28. The lowest BCUT2D eigenvalue weighted by Gasteiger charge is -2.32. The molecule has 0 aliphatic carbocycles. The van der Waals surface area contributed by atoms with Gasteiger partial charge in [0.1, 0.15) is 6.04 Å². The van der Waals surface area contributed by atoms with Gasteiger partial charge in [-0.05, 0) is 30.5 Å². The van der Waals surface area contributed by atoms with E-state index in [0.29, 0.717) is 19.7 Å². The lowest BCUT2D eigenvalue weighted by Crippen LogP contribution is -2.49. The lowest BCUT2D eigenvalue weighted by atomic mass is 10.1. The first-order valence-corrected chi connectivity index (χ1v) is 8.85. The molecule has 1 N–H and O–H groups in total. The van der Waals surface area contributed by atoms with Gasteiger partial charge in [-0.2, -0.15) is 5.10 Å². The number of benzene rings is 1. The summed E-state index contributed by atoms with van der Waals surface area (Å²) in [6.45, 7) is 4.19. The Bertz CT molecular complexity index is 696. The molecule has 0 bridgehead atoms. The lowest BCUT2D eigenvalue weighted by molar-refractivity contribution is -0.150. The van der Waals surface area contributed by atoms with Gasteiger partial charge in [0.15, 0.2) is 0 Å². The first kappa shape index (κ1) is 17.6. The molecule has 0 saturated carbocycles. The average molecular weight is 343 g/mol. The Morgan fingerprint density at radius 1 is 1.32 bits per heavy atom. The Hall–Kier alpha value is -2.18. The standard InChI is InChI=1S/C19H25N3O3/c1-2-3-4-15-5-7-17(8-6-15)22-13-16(11-20-22)12-21-9-10-25-14-18(21)19(23)24/h5-8,11,13,18H,2-4,9-10,12,14H2,1H3,(H,23,24)/t18-/m1/s1. The van der Waals surface area contributed by atoms with Crippen LogP contribution in [0.3, 0.4) is 0 Å². The van der Waals surface area contributed by atoms with E-state index >= 15 is 0 Å². The molecular formula is C19H25N3O3. The highest BCUT2D eigenvalue weighted by molar-refractivity contribution is 5.73. The van der Waals surface area contributed by atoms with Gasteiger partial charge in [-0.25, -0.2) is 4.68 Å². The molecule has 1 aliphatic rings. The summed E-state index contributed by atoms with van der Waals surface area (Å²) >= 11 is 0. The minimum Gasteiger partial charge on any atom is -0.480 e. The van der Waals surface area contributed by atoms with Crippen LogP contribution in [0.4, 0.5) is 0 Å². The molecule has 1 aromatic heterocycles. The van der Waals surface area contributed by atoms with Gasteiger partial charge in [-0.3, -0.25) is 9.69 Å². The van der Waals surface area contributed by atoms with Gasteiger partial charge in [0.2, 0.25) is 0 Å². The van der Waals surface area contributed by atoms with Crippen LogP contribution in [0.2, 0.25) is 0 Å². The van der Waals surface area contributed by atoms with Gasteiger partial charge >= 0.3 is 5.97 Å². The number of hydrogen-bond acceptors (Lipinski definition) is 4. The molecule has 25 heavy (non-hydrogen) atoms.